The smallest absolute Gasteiger partial charge is 0.125 e. The van der Waals surface area contributed by atoms with Gasteiger partial charge in [0, 0.05) is 17.2 Å². The zero-order valence-electron chi connectivity index (χ0n) is 7.50. The van der Waals surface area contributed by atoms with Crippen LogP contribution in [0.3, 0.4) is 0 Å². The largest absolute Gasteiger partial charge is 0.393 e. The molecule has 1 atom stereocenters. The van der Waals surface area contributed by atoms with Crippen molar-refractivity contribution < 1.29 is 5.11 Å². The first-order valence-electron chi connectivity index (χ1n) is 4.22. The molecule has 1 aromatic heterocycles. The highest BCUT2D eigenvalue weighted by atomic mass is 79.9. The predicted molar refractivity (Wildman–Crippen MR) is 56.7 cm³/mol. The van der Waals surface area contributed by atoms with E-state index in [1.54, 1.807) is 13.1 Å². The van der Waals surface area contributed by atoms with Gasteiger partial charge in [0.2, 0.25) is 0 Å². The summed E-state index contributed by atoms with van der Waals surface area (Å²) in [5.74, 6) is 0.837. The van der Waals surface area contributed by atoms with Gasteiger partial charge >= 0.3 is 0 Å². The van der Waals surface area contributed by atoms with Gasteiger partial charge in [-0.25, -0.2) is 4.98 Å². The Morgan fingerprint density at radius 2 is 2.38 bits per heavy atom. The van der Waals surface area contributed by atoms with Crippen molar-refractivity contribution in [2.24, 2.45) is 0 Å². The molecule has 1 rings (SSSR count). The molecule has 0 aliphatic rings. The lowest BCUT2D eigenvalue weighted by Crippen LogP contribution is -2.10. The molecule has 0 fully saturated rings. The molecule has 0 radical (unpaired) electrons. The summed E-state index contributed by atoms with van der Waals surface area (Å²) in [6.07, 6.45) is 2.21. The summed E-state index contributed by atoms with van der Waals surface area (Å²) < 4.78 is 0.966. The van der Waals surface area contributed by atoms with Crippen LogP contribution in [-0.2, 0) is 0 Å². The van der Waals surface area contributed by atoms with Crippen LogP contribution in [0.2, 0.25) is 0 Å². The van der Waals surface area contributed by atoms with Gasteiger partial charge in [0.05, 0.1) is 6.10 Å². The Bertz CT molecular complexity index is 248. The number of nitrogens with one attached hydrogen (secondary N) is 1. The van der Waals surface area contributed by atoms with E-state index in [0.29, 0.717) is 0 Å². The fourth-order valence-electron chi connectivity index (χ4n) is 0.890. The van der Waals surface area contributed by atoms with E-state index in [0.717, 1.165) is 23.3 Å². The van der Waals surface area contributed by atoms with Crippen molar-refractivity contribution in [3.63, 3.8) is 0 Å². The molecule has 1 aromatic rings. The number of halogens is 1. The summed E-state index contributed by atoms with van der Waals surface area (Å²) in [5.41, 5.74) is 0. The van der Waals surface area contributed by atoms with Crippen LogP contribution in [0.4, 0.5) is 5.82 Å². The standard InChI is InChI=1S/C9H13BrN2O/c1-7(13)4-5-11-9-3-2-8(10)6-12-9/h2-3,6-7,13H,4-5H2,1H3,(H,11,12). The highest BCUT2D eigenvalue weighted by molar-refractivity contribution is 9.10. The molecule has 72 valence electrons. The average molecular weight is 245 g/mol. The first kappa shape index (κ1) is 10.5. The maximum Gasteiger partial charge on any atom is 0.125 e. The molecule has 2 N–H and O–H groups in total. The van der Waals surface area contributed by atoms with Crippen LogP contribution in [-0.4, -0.2) is 22.7 Å². The minimum Gasteiger partial charge on any atom is -0.393 e. The summed E-state index contributed by atoms with van der Waals surface area (Å²) in [6, 6.07) is 3.82. The molecular formula is C9H13BrN2O. The van der Waals surface area contributed by atoms with E-state index in [-0.39, 0.29) is 6.10 Å². The van der Waals surface area contributed by atoms with E-state index >= 15 is 0 Å². The van der Waals surface area contributed by atoms with Gasteiger partial charge < -0.3 is 10.4 Å². The molecule has 0 aliphatic heterocycles. The Morgan fingerprint density at radius 1 is 1.62 bits per heavy atom. The Hall–Kier alpha value is -0.610. The third kappa shape index (κ3) is 4.24. The summed E-state index contributed by atoms with van der Waals surface area (Å²) in [7, 11) is 0. The number of aromatic nitrogens is 1. The van der Waals surface area contributed by atoms with Gasteiger partial charge in [-0.2, -0.15) is 0 Å². The van der Waals surface area contributed by atoms with Crippen LogP contribution >= 0.6 is 15.9 Å². The second kappa shape index (κ2) is 5.19. The van der Waals surface area contributed by atoms with E-state index in [9.17, 15) is 0 Å². The molecule has 0 saturated carbocycles. The Labute approximate surface area is 86.3 Å². The zero-order valence-corrected chi connectivity index (χ0v) is 9.08. The molecule has 1 unspecified atom stereocenters. The van der Waals surface area contributed by atoms with Gasteiger partial charge in [-0.05, 0) is 41.4 Å². The minimum absolute atomic E-state index is 0.261. The molecule has 1 heterocycles. The van der Waals surface area contributed by atoms with Crippen LogP contribution in [0.1, 0.15) is 13.3 Å². The number of nitrogens with zero attached hydrogens (tertiary/aromatic N) is 1. The topological polar surface area (TPSA) is 45.1 Å². The second-order valence-corrected chi connectivity index (χ2v) is 3.84. The SMILES string of the molecule is CC(O)CCNc1ccc(Br)cn1. The van der Waals surface area contributed by atoms with E-state index in [1.807, 2.05) is 12.1 Å². The maximum atomic E-state index is 9.01. The highest BCUT2D eigenvalue weighted by Gasteiger charge is 1.96. The van der Waals surface area contributed by atoms with Crippen LogP contribution in [0.25, 0.3) is 0 Å². The van der Waals surface area contributed by atoms with Crippen molar-refractivity contribution in [2.75, 3.05) is 11.9 Å². The molecule has 13 heavy (non-hydrogen) atoms. The van der Waals surface area contributed by atoms with Gasteiger partial charge in [0.15, 0.2) is 0 Å². The van der Waals surface area contributed by atoms with Crippen molar-refractivity contribution >= 4 is 21.7 Å². The summed E-state index contributed by atoms with van der Waals surface area (Å²) in [5, 5.41) is 12.1. The average Bonchev–Trinajstić information content (AvgIpc) is 2.08. The van der Waals surface area contributed by atoms with Crippen LogP contribution in [0, 0.1) is 0 Å². The van der Waals surface area contributed by atoms with Crippen molar-refractivity contribution in [2.45, 2.75) is 19.4 Å². The Balaban J connectivity index is 2.33. The van der Waals surface area contributed by atoms with Crippen molar-refractivity contribution in [1.82, 2.24) is 4.98 Å². The first-order chi connectivity index (χ1) is 6.18. The van der Waals surface area contributed by atoms with Crippen LogP contribution in [0.5, 0.6) is 0 Å². The lowest BCUT2D eigenvalue weighted by Gasteiger charge is -2.06. The molecule has 3 nitrogen and oxygen atoms in total. The van der Waals surface area contributed by atoms with Crippen molar-refractivity contribution in [3.05, 3.63) is 22.8 Å². The fourth-order valence-corrected chi connectivity index (χ4v) is 1.12. The van der Waals surface area contributed by atoms with Crippen molar-refractivity contribution in [1.29, 1.82) is 0 Å². The molecule has 0 aromatic carbocycles. The molecule has 0 bridgehead atoms. The molecule has 0 saturated heterocycles. The number of hydrogen-bond donors (Lipinski definition) is 2. The Kier molecular flexibility index (Phi) is 4.18. The van der Waals surface area contributed by atoms with Gasteiger partial charge in [0.1, 0.15) is 5.82 Å². The number of rotatable bonds is 4. The number of aliphatic hydroxyl groups excluding tert-OH is 1. The van der Waals surface area contributed by atoms with E-state index in [1.165, 1.54) is 0 Å². The maximum absolute atomic E-state index is 9.01. The molecule has 0 spiro atoms. The normalized spacial score (nSPS) is 12.5. The zero-order chi connectivity index (χ0) is 9.68. The lowest BCUT2D eigenvalue weighted by atomic mass is 10.3. The number of pyridine rings is 1. The van der Waals surface area contributed by atoms with Crippen LogP contribution in [0.15, 0.2) is 22.8 Å². The number of aliphatic hydroxyl groups is 1. The summed E-state index contributed by atoms with van der Waals surface area (Å²) >= 11 is 3.31. The van der Waals surface area contributed by atoms with Gasteiger partial charge in [-0.15, -0.1) is 0 Å². The third-order valence-corrected chi connectivity index (χ3v) is 2.06. The monoisotopic (exact) mass is 244 g/mol. The molecule has 4 heteroatoms. The quantitative estimate of drug-likeness (QED) is 0.853. The van der Waals surface area contributed by atoms with Gasteiger partial charge in [0.25, 0.3) is 0 Å². The minimum atomic E-state index is -0.261. The van der Waals surface area contributed by atoms with E-state index in [4.69, 9.17) is 5.11 Å². The first-order valence-corrected chi connectivity index (χ1v) is 5.01. The fraction of sp³-hybridized carbons (Fsp3) is 0.444. The van der Waals surface area contributed by atoms with Crippen molar-refractivity contribution in [3.8, 4) is 0 Å². The lowest BCUT2D eigenvalue weighted by molar-refractivity contribution is 0.188. The highest BCUT2D eigenvalue weighted by Crippen LogP contribution is 2.10. The second-order valence-electron chi connectivity index (χ2n) is 2.93. The van der Waals surface area contributed by atoms with Crippen LogP contribution < -0.4 is 5.32 Å². The van der Waals surface area contributed by atoms with Gasteiger partial charge in [-0.3, -0.25) is 0 Å². The van der Waals surface area contributed by atoms with E-state index in [2.05, 4.69) is 26.2 Å². The van der Waals surface area contributed by atoms with Gasteiger partial charge in [-0.1, -0.05) is 0 Å². The number of anilines is 1. The molecule has 0 amide bonds. The third-order valence-electron chi connectivity index (χ3n) is 1.60. The Morgan fingerprint density at radius 3 is 2.92 bits per heavy atom. The van der Waals surface area contributed by atoms with E-state index < -0.39 is 0 Å². The molecule has 0 aliphatic carbocycles. The summed E-state index contributed by atoms with van der Waals surface area (Å²) in [6.45, 7) is 2.52. The summed E-state index contributed by atoms with van der Waals surface area (Å²) in [4.78, 5) is 4.14. The predicted octanol–water partition coefficient (Wildman–Crippen LogP) is 2.03. The number of hydrogen-bond acceptors (Lipinski definition) is 3. The molecular weight excluding hydrogens is 232 g/mol.